The fraction of sp³-hybridized carbons (Fsp3) is 0.588. The van der Waals surface area contributed by atoms with Crippen LogP contribution in [0.4, 0.5) is 13.2 Å². The Morgan fingerprint density at radius 1 is 1.00 bits per heavy atom. The maximum Gasteiger partial charge on any atom is 0.573 e. The highest BCUT2D eigenvalue weighted by Gasteiger charge is 2.35. The molecule has 0 heterocycles. The van der Waals surface area contributed by atoms with Crippen molar-refractivity contribution in [3.63, 3.8) is 0 Å². The third-order valence-electron chi connectivity index (χ3n) is 5.01. The van der Waals surface area contributed by atoms with Gasteiger partial charge in [0.2, 0.25) is 0 Å². The van der Waals surface area contributed by atoms with Crippen LogP contribution in [-0.2, 0) is 4.79 Å². The monoisotopic (exact) mass is 312 g/mol. The molecule has 3 rings (SSSR count). The van der Waals surface area contributed by atoms with Crippen LogP contribution < -0.4 is 4.74 Å². The summed E-state index contributed by atoms with van der Waals surface area (Å²) in [5.74, 6) is 1.70. The van der Waals surface area contributed by atoms with E-state index in [2.05, 4.69) is 4.74 Å². The molecule has 0 radical (unpaired) electrons. The maximum atomic E-state index is 12.2. The van der Waals surface area contributed by atoms with Gasteiger partial charge in [0.15, 0.2) is 0 Å². The summed E-state index contributed by atoms with van der Waals surface area (Å²) >= 11 is 0. The first-order valence-corrected chi connectivity index (χ1v) is 7.78. The lowest BCUT2D eigenvalue weighted by Crippen LogP contribution is -2.30. The van der Waals surface area contributed by atoms with Crippen molar-refractivity contribution in [3.05, 3.63) is 29.8 Å². The van der Waals surface area contributed by atoms with Gasteiger partial charge in [0, 0.05) is 12.8 Å². The summed E-state index contributed by atoms with van der Waals surface area (Å²) in [4.78, 5) is 11.5. The van der Waals surface area contributed by atoms with Gasteiger partial charge in [0.25, 0.3) is 0 Å². The van der Waals surface area contributed by atoms with Crippen molar-refractivity contribution in [1.82, 2.24) is 0 Å². The summed E-state index contributed by atoms with van der Waals surface area (Å²) in [5, 5.41) is 0. The van der Waals surface area contributed by atoms with E-state index in [0.29, 0.717) is 30.0 Å². The molecule has 1 aromatic rings. The number of benzene rings is 1. The number of carbonyl (C=O) groups excluding carboxylic acids is 1. The zero-order chi connectivity index (χ0) is 15.7. The average molecular weight is 312 g/mol. The first kappa shape index (κ1) is 15.4. The Balaban J connectivity index is 1.64. The molecule has 0 spiro atoms. The molecule has 22 heavy (non-hydrogen) atoms. The highest BCUT2D eigenvalue weighted by atomic mass is 19.4. The minimum atomic E-state index is -4.64. The summed E-state index contributed by atoms with van der Waals surface area (Å²) in [6.07, 6.45) is 0.818. The van der Waals surface area contributed by atoms with E-state index in [4.69, 9.17) is 0 Å². The van der Waals surface area contributed by atoms with Crippen molar-refractivity contribution in [1.29, 1.82) is 0 Å². The van der Waals surface area contributed by atoms with Gasteiger partial charge >= 0.3 is 6.36 Å². The van der Waals surface area contributed by atoms with E-state index in [0.717, 1.165) is 37.7 Å². The van der Waals surface area contributed by atoms with E-state index >= 15 is 0 Å². The number of alkyl halides is 3. The Bertz CT molecular complexity index is 536. The third-order valence-corrected chi connectivity index (χ3v) is 5.01. The molecule has 0 aromatic heterocycles. The van der Waals surface area contributed by atoms with Gasteiger partial charge in [0.1, 0.15) is 11.5 Å². The van der Waals surface area contributed by atoms with Crippen molar-refractivity contribution in [3.8, 4) is 5.75 Å². The number of Topliss-reactive ketones (excluding diaryl/α,β-unsaturated/α-hetero) is 1. The van der Waals surface area contributed by atoms with Crippen molar-refractivity contribution in [2.75, 3.05) is 0 Å². The number of halogens is 3. The van der Waals surface area contributed by atoms with Gasteiger partial charge in [-0.15, -0.1) is 13.2 Å². The van der Waals surface area contributed by atoms with Crippen LogP contribution in [0.25, 0.3) is 0 Å². The molecule has 2 nitrogen and oxygen atoms in total. The molecule has 1 aromatic carbocycles. The molecule has 0 aliphatic heterocycles. The Morgan fingerprint density at radius 3 is 2.41 bits per heavy atom. The molecule has 2 aliphatic carbocycles. The molecule has 3 atom stereocenters. The molecule has 0 N–H and O–H groups in total. The summed E-state index contributed by atoms with van der Waals surface area (Å²) in [6, 6.07) is 6.25. The maximum absolute atomic E-state index is 12.2. The van der Waals surface area contributed by atoms with Gasteiger partial charge in [-0.05, 0) is 61.1 Å². The minimum Gasteiger partial charge on any atom is -0.406 e. The first-order chi connectivity index (χ1) is 10.4. The van der Waals surface area contributed by atoms with Crippen LogP contribution >= 0.6 is 0 Å². The highest BCUT2D eigenvalue weighted by Crippen LogP contribution is 2.45. The topological polar surface area (TPSA) is 26.3 Å². The minimum absolute atomic E-state index is 0.173. The molecule has 3 unspecified atom stereocenters. The zero-order valence-electron chi connectivity index (χ0n) is 12.2. The molecule has 2 fully saturated rings. The molecule has 5 heteroatoms. The molecule has 0 saturated heterocycles. The van der Waals surface area contributed by atoms with Gasteiger partial charge in [-0.3, -0.25) is 4.79 Å². The van der Waals surface area contributed by atoms with Gasteiger partial charge in [-0.2, -0.15) is 0 Å². The summed E-state index contributed by atoms with van der Waals surface area (Å²) in [5.41, 5.74) is 1.07. The average Bonchev–Trinajstić information content (AvgIpc) is 2.46. The first-order valence-electron chi connectivity index (χ1n) is 7.78. The van der Waals surface area contributed by atoms with Gasteiger partial charge in [-0.25, -0.2) is 0 Å². The predicted octanol–water partition coefficient (Wildman–Crippen LogP) is 4.84. The number of hydrogen-bond acceptors (Lipinski definition) is 2. The van der Waals surface area contributed by atoms with Crippen LogP contribution in [0.2, 0.25) is 0 Å². The molecule has 2 saturated carbocycles. The second-order valence-corrected chi connectivity index (χ2v) is 6.43. The van der Waals surface area contributed by atoms with Crippen molar-refractivity contribution in [2.24, 2.45) is 11.8 Å². The number of ether oxygens (including phenoxy) is 1. The number of fused-ring (bicyclic) bond motifs is 1. The summed E-state index contributed by atoms with van der Waals surface area (Å²) in [7, 11) is 0. The molecule has 120 valence electrons. The van der Waals surface area contributed by atoms with E-state index in [9.17, 15) is 18.0 Å². The number of hydrogen-bond donors (Lipinski definition) is 0. The fourth-order valence-corrected chi connectivity index (χ4v) is 3.93. The Hall–Kier alpha value is -1.52. The fourth-order valence-electron chi connectivity index (χ4n) is 3.93. The number of ketones is 1. The van der Waals surface area contributed by atoms with E-state index in [1.54, 1.807) is 12.1 Å². The third kappa shape index (κ3) is 3.62. The van der Waals surface area contributed by atoms with Crippen LogP contribution in [0.5, 0.6) is 5.75 Å². The Labute approximate surface area is 127 Å². The quantitative estimate of drug-likeness (QED) is 0.781. The molecular weight excluding hydrogens is 293 g/mol. The SMILES string of the molecule is O=C1CCC2CC(c3ccc(OC(F)(F)F)cc3)CCC2C1. The number of carbonyl (C=O) groups is 1. The molecular formula is C17H19F3O2. The van der Waals surface area contributed by atoms with Gasteiger partial charge < -0.3 is 4.74 Å². The van der Waals surface area contributed by atoms with E-state index < -0.39 is 6.36 Å². The summed E-state index contributed by atoms with van der Waals surface area (Å²) < 4.78 is 40.4. The standard InChI is InChI=1S/C17H19F3O2/c18-17(19,20)22-16-7-4-11(5-8-16)12-1-2-14-10-15(21)6-3-13(14)9-12/h4-5,7-8,12-14H,1-3,6,9-10H2. The van der Waals surface area contributed by atoms with Crippen LogP contribution in [0.1, 0.15) is 50.0 Å². The van der Waals surface area contributed by atoms with Gasteiger partial charge in [-0.1, -0.05) is 12.1 Å². The van der Waals surface area contributed by atoms with Crippen LogP contribution in [0, 0.1) is 11.8 Å². The normalized spacial score (nSPS) is 29.0. The molecule has 2 aliphatic rings. The Morgan fingerprint density at radius 2 is 1.73 bits per heavy atom. The largest absolute Gasteiger partial charge is 0.573 e. The predicted molar refractivity (Wildman–Crippen MR) is 75.6 cm³/mol. The van der Waals surface area contributed by atoms with Crippen molar-refractivity contribution in [2.45, 2.75) is 50.8 Å². The van der Waals surface area contributed by atoms with Crippen LogP contribution in [0.15, 0.2) is 24.3 Å². The van der Waals surface area contributed by atoms with E-state index in [1.807, 2.05) is 0 Å². The Kier molecular flexibility index (Phi) is 4.15. The molecule has 0 bridgehead atoms. The lowest BCUT2D eigenvalue weighted by molar-refractivity contribution is -0.274. The lowest BCUT2D eigenvalue weighted by Gasteiger charge is -2.39. The highest BCUT2D eigenvalue weighted by molar-refractivity contribution is 5.79. The summed E-state index contributed by atoms with van der Waals surface area (Å²) in [6.45, 7) is 0. The van der Waals surface area contributed by atoms with Crippen LogP contribution in [-0.4, -0.2) is 12.1 Å². The van der Waals surface area contributed by atoms with Gasteiger partial charge in [0.05, 0.1) is 0 Å². The smallest absolute Gasteiger partial charge is 0.406 e. The second kappa shape index (κ2) is 5.94. The molecule has 0 amide bonds. The number of rotatable bonds is 2. The zero-order valence-corrected chi connectivity index (χ0v) is 12.2. The second-order valence-electron chi connectivity index (χ2n) is 6.43. The van der Waals surface area contributed by atoms with Crippen molar-refractivity contribution < 1.29 is 22.7 Å². The van der Waals surface area contributed by atoms with Crippen LogP contribution in [0.3, 0.4) is 0 Å². The van der Waals surface area contributed by atoms with Crippen molar-refractivity contribution >= 4 is 5.78 Å². The van der Waals surface area contributed by atoms with E-state index in [-0.39, 0.29) is 5.75 Å². The van der Waals surface area contributed by atoms with E-state index in [1.165, 1.54) is 12.1 Å². The lowest BCUT2D eigenvalue weighted by atomic mass is 9.66.